The fourth-order valence-corrected chi connectivity index (χ4v) is 3.83. The third-order valence-corrected chi connectivity index (χ3v) is 5.64. The van der Waals surface area contributed by atoms with Gasteiger partial charge in [-0.2, -0.15) is 0 Å². The Bertz CT molecular complexity index is 537. The first-order valence-corrected chi connectivity index (χ1v) is 9.85. The van der Waals surface area contributed by atoms with Crippen LogP contribution in [0.1, 0.15) is 32.3 Å². The second-order valence-corrected chi connectivity index (χ2v) is 8.34. The molecule has 1 unspecified atom stereocenters. The Balaban J connectivity index is 1.43. The Kier molecular flexibility index (Phi) is 6.39. The molecule has 0 amide bonds. The molecule has 1 aliphatic heterocycles. The van der Waals surface area contributed by atoms with E-state index in [4.69, 9.17) is 16.3 Å². The molecule has 25 heavy (non-hydrogen) atoms. The van der Waals surface area contributed by atoms with Gasteiger partial charge in [0.05, 0.1) is 18.8 Å². The third kappa shape index (κ3) is 5.41. The predicted octanol–water partition coefficient (Wildman–Crippen LogP) is 2.78. The molecule has 0 spiro atoms. The summed E-state index contributed by atoms with van der Waals surface area (Å²) in [6, 6.07) is 8.40. The summed E-state index contributed by atoms with van der Waals surface area (Å²) >= 11 is 6.03. The van der Waals surface area contributed by atoms with E-state index in [-0.39, 0.29) is 6.10 Å². The van der Waals surface area contributed by atoms with Gasteiger partial charge in [0.25, 0.3) is 0 Å². The molecule has 1 saturated carbocycles. The van der Waals surface area contributed by atoms with E-state index in [0.717, 1.165) is 37.7 Å². The number of hydrogen-bond acceptors (Lipinski definition) is 4. The number of piperazine rings is 1. The highest BCUT2D eigenvalue weighted by Gasteiger charge is 2.45. The molecule has 5 heteroatoms. The van der Waals surface area contributed by atoms with Crippen LogP contribution in [0.2, 0.25) is 5.02 Å². The second-order valence-electron chi connectivity index (χ2n) is 7.90. The Morgan fingerprint density at radius 1 is 1.08 bits per heavy atom. The summed E-state index contributed by atoms with van der Waals surface area (Å²) in [6.45, 7) is 10.5. The first-order chi connectivity index (χ1) is 12.0. The molecule has 3 rings (SSSR count). The zero-order valence-electron chi connectivity index (χ0n) is 15.5. The molecule has 2 fully saturated rings. The van der Waals surface area contributed by atoms with Crippen LogP contribution in [-0.2, 0) is 10.2 Å². The Labute approximate surface area is 156 Å². The van der Waals surface area contributed by atoms with Crippen LogP contribution in [0.5, 0.6) is 0 Å². The molecule has 0 radical (unpaired) electrons. The molecule has 1 atom stereocenters. The minimum atomic E-state index is -0.391. The van der Waals surface area contributed by atoms with E-state index >= 15 is 0 Å². The number of halogens is 1. The largest absolute Gasteiger partial charge is 0.389 e. The van der Waals surface area contributed by atoms with Gasteiger partial charge in [-0.05, 0) is 44.4 Å². The number of nitrogens with zero attached hydrogens (tertiary/aromatic N) is 2. The number of aliphatic hydroxyl groups excluding tert-OH is 1. The van der Waals surface area contributed by atoms with Crippen LogP contribution in [0.4, 0.5) is 0 Å². The van der Waals surface area contributed by atoms with Gasteiger partial charge >= 0.3 is 0 Å². The second kappa shape index (κ2) is 8.36. The van der Waals surface area contributed by atoms with E-state index in [2.05, 4.69) is 21.9 Å². The molecular formula is C20H31ClN2O2. The highest BCUT2D eigenvalue weighted by Crippen LogP contribution is 2.49. The maximum Gasteiger partial charge on any atom is 0.0900 e. The Hall–Kier alpha value is -0.650. The van der Waals surface area contributed by atoms with Crippen molar-refractivity contribution in [1.82, 2.24) is 9.80 Å². The molecule has 0 aromatic heterocycles. The van der Waals surface area contributed by atoms with Gasteiger partial charge in [-0.15, -0.1) is 0 Å². The van der Waals surface area contributed by atoms with Crippen LogP contribution in [0.25, 0.3) is 0 Å². The number of β-amino-alcohol motifs (C(OH)–C–C–N with tert-alkyl or cyclic N) is 1. The normalized spacial score (nSPS) is 22.3. The van der Waals surface area contributed by atoms with E-state index in [9.17, 15) is 5.11 Å². The highest BCUT2D eigenvalue weighted by molar-refractivity contribution is 6.30. The topological polar surface area (TPSA) is 35.9 Å². The zero-order chi connectivity index (χ0) is 17.9. The smallest absolute Gasteiger partial charge is 0.0900 e. The van der Waals surface area contributed by atoms with Gasteiger partial charge in [-0.1, -0.05) is 23.7 Å². The van der Waals surface area contributed by atoms with E-state index < -0.39 is 6.10 Å². The molecule has 140 valence electrons. The Morgan fingerprint density at radius 3 is 2.24 bits per heavy atom. The quantitative estimate of drug-likeness (QED) is 0.767. The summed E-state index contributed by atoms with van der Waals surface area (Å²) in [6.07, 6.45) is 2.34. The zero-order valence-corrected chi connectivity index (χ0v) is 16.2. The van der Waals surface area contributed by atoms with E-state index in [1.54, 1.807) is 0 Å². The molecule has 0 bridgehead atoms. The SMILES string of the molecule is CC(C)OCC(O)CN1CCN(CC2(c3ccc(Cl)cc3)CC2)CC1. The maximum absolute atomic E-state index is 10.1. The minimum Gasteiger partial charge on any atom is -0.389 e. The molecule has 1 saturated heterocycles. The van der Waals surface area contributed by atoms with Crippen molar-refractivity contribution < 1.29 is 9.84 Å². The van der Waals surface area contributed by atoms with Crippen LogP contribution in [-0.4, -0.2) is 73.0 Å². The lowest BCUT2D eigenvalue weighted by molar-refractivity contribution is -0.0148. The van der Waals surface area contributed by atoms with Crippen molar-refractivity contribution in [3.8, 4) is 0 Å². The monoisotopic (exact) mass is 366 g/mol. The summed E-state index contributed by atoms with van der Waals surface area (Å²) < 4.78 is 5.50. The van der Waals surface area contributed by atoms with Crippen LogP contribution in [0.3, 0.4) is 0 Å². The summed E-state index contributed by atoms with van der Waals surface area (Å²) in [5, 5.41) is 10.9. The van der Waals surface area contributed by atoms with Crippen molar-refractivity contribution >= 4 is 11.6 Å². The van der Waals surface area contributed by atoms with Crippen molar-refractivity contribution in [2.45, 2.75) is 44.3 Å². The van der Waals surface area contributed by atoms with Gasteiger partial charge in [0.1, 0.15) is 0 Å². The van der Waals surface area contributed by atoms with Crippen LogP contribution in [0.15, 0.2) is 24.3 Å². The van der Waals surface area contributed by atoms with E-state index in [0.29, 0.717) is 18.6 Å². The van der Waals surface area contributed by atoms with Crippen LogP contribution in [0, 0.1) is 0 Å². The standard InChI is InChI=1S/C20H31ClN2O2/c1-16(2)25-14-19(24)13-22-9-11-23(12-10-22)15-20(7-8-20)17-3-5-18(21)6-4-17/h3-6,16,19,24H,7-15H2,1-2H3. The van der Waals surface area contributed by atoms with Gasteiger partial charge in [0.15, 0.2) is 0 Å². The van der Waals surface area contributed by atoms with Crippen molar-refractivity contribution in [3.05, 3.63) is 34.9 Å². The van der Waals surface area contributed by atoms with Gasteiger partial charge in [0, 0.05) is 49.7 Å². The van der Waals surface area contributed by atoms with Crippen LogP contribution < -0.4 is 0 Å². The highest BCUT2D eigenvalue weighted by atomic mass is 35.5. The number of ether oxygens (including phenoxy) is 1. The summed E-state index contributed by atoms with van der Waals surface area (Å²) in [4.78, 5) is 4.93. The van der Waals surface area contributed by atoms with Crippen molar-refractivity contribution in [2.24, 2.45) is 0 Å². The molecule has 1 aliphatic carbocycles. The van der Waals surface area contributed by atoms with Crippen LogP contribution >= 0.6 is 11.6 Å². The number of benzene rings is 1. The Morgan fingerprint density at radius 2 is 1.68 bits per heavy atom. The van der Waals surface area contributed by atoms with Gasteiger partial charge in [-0.3, -0.25) is 9.80 Å². The number of hydrogen-bond donors (Lipinski definition) is 1. The molecule has 2 aliphatic rings. The first-order valence-electron chi connectivity index (χ1n) is 9.47. The molecule has 4 nitrogen and oxygen atoms in total. The average molecular weight is 367 g/mol. The lowest BCUT2D eigenvalue weighted by Crippen LogP contribution is -2.50. The predicted molar refractivity (Wildman–Crippen MR) is 102 cm³/mol. The van der Waals surface area contributed by atoms with Crippen molar-refractivity contribution in [3.63, 3.8) is 0 Å². The fraction of sp³-hybridized carbons (Fsp3) is 0.700. The fourth-order valence-electron chi connectivity index (χ4n) is 3.70. The van der Waals surface area contributed by atoms with Crippen molar-refractivity contribution in [1.29, 1.82) is 0 Å². The lowest BCUT2D eigenvalue weighted by atomic mass is 9.95. The van der Waals surface area contributed by atoms with Gasteiger partial charge in [-0.25, -0.2) is 0 Å². The summed E-state index contributed by atoms with van der Waals surface area (Å²) in [5.41, 5.74) is 1.78. The molecule has 1 N–H and O–H groups in total. The summed E-state index contributed by atoms with van der Waals surface area (Å²) in [7, 11) is 0. The molecule has 1 heterocycles. The van der Waals surface area contributed by atoms with E-state index in [1.807, 2.05) is 26.0 Å². The maximum atomic E-state index is 10.1. The molecular weight excluding hydrogens is 336 g/mol. The number of aliphatic hydroxyl groups is 1. The first kappa shape index (κ1) is 19.1. The van der Waals surface area contributed by atoms with Gasteiger partial charge < -0.3 is 9.84 Å². The van der Waals surface area contributed by atoms with E-state index in [1.165, 1.54) is 18.4 Å². The molecule has 1 aromatic carbocycles. The molecule has 1 aromatic rings. The van der Waals surface area contributed by atoms with Gasteiger partial charge in [0.2, 0.25) is 0 Å². The number of rotatable bonds is 8. The third-order valence-electron chi connectivity index (χ3n) is 5.39. The van der Waals surface area contributed by atoms with Crippen molar-refractivity contribution in [2.75, 3.05) is 45.9 Å². The lowest BCUT2D eigenvalue weighted by Gasteiger charge is -2.37. The average Bonchev–Trinajstić information content (AvgIpc) is 3.36. The minimum absolute atomic E-state index is 0.175. The summed E-state index contributed by atoms with van der Waals surface area (Å²) in [5.74, 6) is 0.